The predicted octanol–water partition coefficient (Wildman–Crippen LogP) is 2.92. The highest BCUT2D eigenvalue weighted by atomic mass is 19.3. The molecule has 14 heteroatoms. The summed E-state index contributed by atoms with van der Waals surface area (Å²) < 4.78 is 30.4. The van der Waals surface area contributed by atoms with Crippen molar-refractivity contribution in [2.75, 3.05) is 42.9 Å². The van der Waals surface area contributed by atoms with Crippen molar-refractivity contribution >= 4 is 29.2 Å². The summed E-state index contributed by atoms with van der Waals surface area (Å²) in [7, 11) is 0. The number of piperidine rings is 2. The lowest BCUT2D eigenvalue weighted by Gasteiger charge is -2.42. The van der Waals surface area contributed by atoms with E-state index in [-0.39, 0.29) is 42.3 Å². The Bertz CT molecular complexity index is 1690. The van der Waals surface area contributed by atoms with Gasteiger partial charge in [0.15, 0.2) is 5.69 Å². The molecule has 46 heavy (non-hydrogen) atoms. The largest absolute Gasteiger partial charge is 0.357 e. The number of aromatic amines is 1. The minimum Gasteiger partial charge on any atom is -0.357 e. The second-order valence-electron chi connectivity index (χ2n) is 13.9. The molecule has 6 heterocycles. The first kappa shape index (κ1) is 29.2. The molecule has 3 aliphatic heterocycles. The SMILES string of the molecule is CC12Cc3[nH]nc(C(=O)Nc4cnn(C5CN(CC6CCN(c7ccc(C8CCC(=O)NC8=O)cn7)CC6)C5)c4)c3CC1C2(F)F. The first-order chi connectivity index (χ1) is 22.1. The molecule has 8 rings (SSSR count). The molecule has 3 N–H and O–H groups in total. The lowest BCUT2D eigenvalue weighted by molar-refractivity contribution is -0.134. The zero-order valence-corrected chi connectivity index (χ0v) is 25.6. The molecule has 1 saturated carbocycles. The molecule has 3 amide bonds. The molecule has 0 aromatic carbocycles. The summed E-state index contributed by atoms with van der Waals surface area (Å²) in [6.07, 6.45) is 8.59. The normalized spacial score (nSPS) is 27.8. The second-order valence-corrected chi connectivity index (χ2v) is 13.9. The van der Waals surface area contributed by atoms with Crippen molar-refractivity contribution in [3.05, 3.63) is 53.2 Å². The highest BCUT2D eigenvalue weighted by Gasteiger charge is 2.78. The fourth-order valence-corrected chi connectivity index (χ4v) is 7.96. The van der Waals surface area contributed by atoms with Crippen LogP contribution in [0.4, 0.5) is 20.3 Å². The smallest absolute Gasteiger partial charge is 0.276 e. The van der Waals surface area contributed by atoms with Crippen LogP contribution >= 0.6 is 0 Å². The van der Waals surface area contributed by atoms with Crippen molar-refractivity contribution in [3.8, 4) is 0 Å². The lowest BCUT2D eigenvalue weighted by atomic mass is 9.87. The molecular weight excluding hydrogens is 596 g/mol. The van der Waals surface area contributed by atoms with Gasteiger partial charge in [-0.1, -0.05) is 13.0 Å². The van der Waals surface area contributed by atoms with Gasteiger partial charge in [0.2, 0.25) is 11.8 Å². The summed E-state index contributed by atoms with van der Waals surface area (Å²) >= 11 is 0. The molecule has 3 unspecified atom stereocenters. The number of imide groups is 1. The van der Waals surface area contributed by atoms with Gasteiger partial charge in [0, 0.05) is 80.5 Å². The van der Waals surface area contributed by atoms with Gasteiger partial charge >= 0.3 is 0 Å². The van der Waals surface area contributed by atoms with E-state index in [0.717, 1.165) is 56.9 Å². The summed E-state index contributed by atoms with van der Waals surface area (Å²) in [5.41, 5.74) is 1.79. The van der Waals surface area contributed by atoms with Gasteiger partial charge in [0.1, 0.15) is 5.82 Å². The molecule has 5 aliphatic rings. The molecule has 3 aromatic rings. The molecule has 3 atom stereocenters. The predicted molar refractivity (Wildman–Crippen MR) is 162 cm³/mol. The van der Waals surface area contributed by atoms with Gasteiger partial charge in [-0.25, -0.2) is 13.8 Å². The maximum atomic E-state index is 14.3. The lowest BCUT2D eigenvalue weighted by Crippen LogP contribution is -2.50. The minimum absolute atomic E-state index is 0.157. The average Bonchev–Trinajstić information content (AvgIpc) is 3.43. The van der Waals surface area contributed by atoms with Gasteiger partial charge < -0.3 is 10.2 Å². The number of hydrogen-bond donors (Lipinski definition) is 3. The van der Waals surface area contributed by atoms with Crippen LogP contribution in [-0.4, -0.2) is 86.2 Å². The highest BCUT2D eigenvalue weighted by Crippen LogP contribution is 2.70. The minimum atomic E-state index is -2.71. The number of amides is 3. The molecule has 12 nitrogen and oxygen atoms in total. The number of halogens is 2. The van der Waals surface area contributed by atoms with E-state index < -0.39 is 23.2 Å². The van der Waals surface area contributed by atoms with Crippen molar-refractivity contribution in [1.82, 2.24) is 35.2 Å². The number of carbonyl (C=O) groups excluding carboxylic acids is 3. The van der Waals surface area contributed by atoms with Crippen LogP contribution in [0.15, 0.2) is 30.7 Å². The zero-order valence-electron chi connectivity index (χ0n) is 25.6. The van der Waals surface area contributed by atoms with Crippen LogP contribution in [0.25, 0.3) is 0 Å². The van der Waals surface area contributed by atoms with Gasteiger partial charge in [-0.05, 0) is 43.2 Å². The monoisotopic (exact) mass is 633 g/mol. The summed E-state index contributed by atoms with van der Waals surface area (Å²) in [5.74, 6) is -3.12. The Balaban J connectivity index is 0.787. The first-order valence-corrected chi connectivity index (χ1v) is 16.2. The number of nitrogens with one attached hydrogen (secondary N) is 3. The Morgan fingerprint density at radius 3 is 2.67 bits per heavy atom. The number of rotatable bonds is 7. The Morgan fingerprint density at radius 1 is 1.13 bits per heavy atom. The van der Waals surface area contributed by atoms with E-state index in [9.17, 15) is 23.2 Å². The summed E-state index contributed by atoms with van der Waals surface area (Å²) in [4.78, 5) is 46.0. The van der Waals surface area contributed by atoms with Crippen molar-refractivity contribution in [2.24, 2.45) is 17.3 Å². The van der Waals surface area contributed by atoms with E-state index in [1.807, 2.05) is 23.0 Å². The first-order valence-electron chi connectivity index (χ1n) is 16.2. The fourth-order valence-electron chi connectivity index (χ4n) is 7.96. The summed E-state index contributed by atoms with van der Waals surface area (Å²) in [6.45, 7) is 6.26. The number of carbonyl (C=O) groups is 3. The molecule has 3 saturated heterocycles. The number of likely N-dealkylation sites (tertiary alicyclic amines) is 1. The van der Waals surface area contributed by atoms with Gasteiger partial charge in [-0.2, -0.15) is 10.2 Å². The van der Waals surface area contributed by atoms with E-state index in [0.29, 0.717) is 35.7 Å². The molecule has 242 valence electrons. The fraction of sp³-hybridized carbons (Fsp3) is 0.562. The van der Waals surface area contributed by atoms with Crippen LogP contribution in [0.1, 0.15) is 71.9 Å². The number of nitrogens with zero attached hydrogens (tertiary/aromatic N) is 6. The van der Waals surface area contributed by atoms with Gasteiger partial charge in [-0.3, -0.25) is 34.4 Å². The van der Waals surface area contributed by atoms with E-state index in [4.69, 9.17) is 0 Å². The van der Waals surface area contributed by atoms with Crippen LogP contribution in [-0.2, 0) is 22.4 Å². The van der Waals surface area contributed by atoms with Crippen molar-refractivity contribution in [2.45, 2.75) is 63.3 Å². The maximum Gasteiger partial charge on any atom is 0.276 e. The van der Waals surface area contributed by atoms with Crippen molar-refractivity contribution < 1.29 is 23.2 Å². The topological polar surface area (TPSA) is 141 Å². The third-order valence-corrected chi connectivity index (χ3v) is 11.0. The number of alkyl halides is 2. The Morgan fingerprint density at radius 2 is 1.93 bits per heavy atom. The quantitative estimate of drug-likeness (QED) is 0.338. The molecule has 4 fully saturated rings. The van der Waals surface area contributed by atoms with Gasteiger partial charge in [0.05, 0.1) is 23.8 Å². The number of H-pyrrole nitrogens is 1. The second kappa shape index (κ2) is 10.7. The number of anilines is 2. The molecule has 0 radical (unpaired) electrons. The zero-order chi connectivity index (χ0) is 31.8. The Labute approximate surface area is 264 Å². The van der Waals surface area contributed by atoms with Crippen LogP contribution < -0.4 is 15.5 Å². The van der Waals surface area contributed by atoms with Gasteiger partial charge in [-0.15, -0.1) is 0 Å². The van der Waals surface area contributed by atoms with E-state index >= 15 is 0 Å². The number of hydrogen-bond acceptors (Lipinski definition) is 8. The standard InChI is InChI=1S/C32H37F2N9O3/c1-31-11-24-23(10-25(31)32(31,33)34)28(40-39-24)30(46)37-20-13-36-43(15-20)21-16-41(17-21)14-18-6-8-42(9-7-18)26-4-2-19(12-35-26)22-3-5-27(44)38-29(22)45/h2,4,12-13,15,18,21-22,25H,3,5-11,14,16-17H2,1H3,(H,37,46)(H,39,40)(H,38,44,45). The van der Waals surface area contributed by atoms with Crippen molar-refractivity contribution in [1.29, 1.82) is 0 Å². The number of pyridine rings is 1. The van der Waals surface area contributed by atoms with E-state index in [1.165, 1.54) is 0 Å². The van der Waals surface area contributed by atoms with E-state index in [2.05, 4.69) is 40.7 Å². The molecular formula is C32H37F2N9O3. The average molecular weight is 634 g/mol. The van der Waals surface area contributed by atoms with E-state index in [1.54, 1.807) is 19.3 Å². The Hall–Kier alpha value is -4.20. The maximum absolute atomic E-state index is 14.3. The molecule has 0 bridgehead atoms. The van der Waals surface area contributed by atoms with Crippen LogP contribution in [0, 0.1) is 17.3 Å². The Kier molecular flexibility index (Phi) is 6.78. The van der Waals surface area contributed by atoms with Crippen LogP contribution in [0.3, 0.4) is 0 Å². The third-order valence-electron chi connectivity index (χ3n) is 11.0. The summed E-state index contributed by atoms with van der Waals surface area (Å²) in [5, 5.41) is 16.7. The van der Waals surface area contributed by atoms with Gasteiger partial charge in [0.25, 0.3) is 11.8 Å². The number of fused-ring (bicyclic) bond motifs is 2. The third kappa shape index (κ3) is 4.88. The molecule has 3 aromatic heterocycles. The summed E-state index contributed by atoms with van der Waals surface area (Å²) in [6, 6.07) is 4.16. The molecule has 2 aliphatic carbocycles. The highest BCUT2D eigenvalue weighted by molar-refractivity contribution is 6.04. The van der Waals surface area contributed by atoms with Crippen molar-refractivity contribution in [3.63, 3.8) is 0 Å². The van der Waals surface area contributed by atoms with Crippen LogP contribution in [0.5, 0.6) is 0 Å². The molecule has 0 spiro atoms. The number of aromatic nitrogens is 5. The van der Waals surface area contributed by atoms with Crippen LogP contribution in [0.2, 0.25) is 0 Å².